The fourth-order valence-electron chi connectivity index (χ4n) is 1.27. The molecule has 0 spiro atoms. The average molecular weight is 281 g/mol. The number of rotatable bonds is 6. The van der Waals surface area contributed by atoms with Crippen LogP contribution in [-0.2, 0) is 4.74 Å². The maximum Gasteiger partial charge on any atom is 0.413 e. The first-order valence-corrected chi connectivity index (χ1v) is 7.12. The standard InChI is InChI=1S/C14H19NO3S/c1-4-15(14(17)18-10-11(2)3)8-7-12(16)13-6-5-9-19-13/h5-9,11H,4,10H2,1-3H3. The normalized spacial score (nSPS) is 10.9. The van der Waals surface area contributed by atoms with Crippen LogP contribution in [0.2, 0.25) is 0 Å². The molecule has 1 aromatic rings. The lowest BCUT2D eigenvalue weighted by atomic mass is 10.2. The summed E-state index contributed by atoms with van der Waals surface area (Å²) in [7, 11) is 0. The first-order chi connectivity index (χ1) is 9.04. The molecule has 4 nitrogen and oxygen atoms in total. The Morgan fingerprint density at radius 2 is 2.21 bits per heavy atom. The van der Waals surface area contributed by atoms with Crippen molar-refractivity contribution in [3.8, 4) is 0 Å². The van der Waals surface area contributed by atoms with Crippen LogP contribution in [0.1, 0.15) is 30.4 Å². The molecule has 0 unspecified atom stereocenters. The van der Waals surface area contributed by atoms with Gasteiger partial charge in [0.05, 0.1) is 11.5 Å². The third-order valence-corrected chi connectivity index (χ3v) is 3.17. The zero-order chi connectivity index (χ0) is 14.3. The Morgan fingerprint density at radius 1 is 1.47 bits per heavy atom. The molecule has 0 radical (unpaired) electrons. The van der Waals surface area contributed by atoms with Gasteiger partial charge in [-0.2, -0.15) is 0 Å². The van der Waals surface area contributed by atoms with Gasteiger partial charge in [-0.1, -0.05) is 19.9 Å². The zero-order valence-corrected chi connectivity index (χ0v) is 12.3. The van der Waals surface area contributed by atoms with E-state index in [1.165, 1.54) is 28.5 Å². The van der Waals surface area contributed by atoms with E-state index in [1.807, 2.05) is 32.2 Å². The lowest BCUT2D eigenvalue weighted by Gasteiger charge is -2.16. The summed E-state index contributed by atoms with van der Waals surface area (Å²) in [6, 6.07) is 3.57. The summed E-state index contributed by atoms with van der Waals surface area (Å²) in [5, 5.41) is 1.84. The van der Waals surface area contributed by atoms with Crippen molar-refractivity contribution in [3.05, 3.63) is 34.7 Å². The van der Waals surface area contributed by atoms with E-state index in [9.17, 15) is 9.59 Å². The lowest BCUT2D eigenvalue weighted by molar-refractivity contribution is 0.103. The second kappa shape index (κ2) is 7.74. The maximum atomic E-state index is 11.8. The van der Waals surface area contributed by atoms with Crippen LogP contribution in [0.5, 0.6) is 0 Å². The first kappa shape index (κ1) is 15.4. The van der Waals surface area contributed by atoms with Gasteiger partial charge in [-0.25, -0.2) is 4.79 Å². The smallest absolute Gasteiger partial charge is 0.413 e. The molecule has 0 aliphatic carbocycles. The number of amides is 1. The SMILES string of the molecule is CCN(C=CC(=O)c1cccs1)C(=O)OCC(C)C. The maximum absolute atomic E-state index is 11.8. The second-order valence-corrected chi connectivity index (χ2v) is 5.36. The van der Waals surface area contributed by atoms with E-state index >= 15 is 0 Å². The molecule has 5 heteroatoms. The minimum Gasteiger partial charge on any atom is -0.449 e. The summed E-state index contributed by atoms with van der Waals surface area (Å²) in [6.45, 7) is 6.61. The number of hydrogen-bond acceptors (Lipinski definition) is 4. The molecule has 0 bridgehead atoms. The number of ether oxygens (including phenoxy) is 1. The van der Waals surface area contributed by atoms with Crippen LogP contribution in [0.25, 0.3) is 0 Å². The van der Waals surface area contributed by atoms with E-state index < -0.39 is 6.09 Å². The lowest BCUT2D eigenvalue weighted by Crippen LogP contribution is -2.27. The Bertz CT molecular complexity index is 438. The predicted molar refractivity (Wildman–Crippen MR) is 76.4 cm³/mol. The van der Waals surface area contributed by atoms with E-state index in [2.05, 4.69) is 0 Å². The van der Waals surface area contributed by atoms with Gasteiger partial charge in [0.15, 0.2) is 5.78 Å². The second-order valence-electron chi connectivity index (χ2n) is 4.41. The number of carbonyl (C=O) groups excluding carboxylic acids is 2. The van der Waals surface area contributed by atoms with Crippen molar-refractivity contribution in [2.45, 2.75) is 20.8 Å². The van der Waals surface area contributed by atoms with E-state index in [-0.39, 0.29) is 5.78 Å². The molecule has 1 aromatic heterocycles. The molecule has 0 atom stereocenters. The highest BCUT2D eigenvalue weighted by Crippen LogP contribution is 2.10. The van der Waals surface area contributed by atoms with Gasteiger partial charge in [0, 0.05) is 18.8 Å². The third-order valence-electron chi connectivity index (χ3n) is 2.29. The largest absolute Gasteiger partial charge is 0.449 e. The van der Waals surface area contributed by atoms with Gasteiger partial charge >= 0.3 is 6.09 Å². The number of carbonyl (C=O) groups is 2. The van der Waals surface area contributed by atoms with E-state index in [0.29, 0.717) is 23.9 Å². The highest BCUT2D eigenvalue weighted by molar-refractivity contribution is 7.12. The summed E-state index contributed by atoms with van der Waals surface area (Å²) < 4.78 is 5.11. The summed E-state index contributed by atoms with van der Waals surface area (Å²) in [6.07, 6.45) is 2.45. The van der Waals surface area contributed by atoms with Gasteiger partial charge in [0.25, 0.3) is 0 Å². The number of ketones is 1. The summed E-state index contributed by atoms with van der Waals surface area (Å²) in [5.41, 5.74) is 0. The molecular formula is C14H19NO3S. The van der Waals surface area contributed by atoms with Crippen LogP contribution in [-0.4, -0.2) is 29.9 Å². The molecule has 0 aliphatic heterocycles. The Labute approximate surface area is 117 Å². The molecule has 0 N–H and O–H groups in total. The molecule has 19 heavy (non-hydrogen) atoms. The third kappa shape index (κ3) is 5.26. The van der Waals surface area contributed by atoms with Gasteiger partial charge < -0.3 is 4.74 Å². The zero-order valence-electron chi connectivity index (χ0n) is 11.5. The Hall–Kier alpha value is -1.62. The topological polar surface area (TPSA) is 46.6 Å². The van der Waals surface area contributed by atoms with Crippen molar-refractivity contribution in [1.82, 2.24) is 4.90 Å². The van der Waals surface area contributed by atoms with Crippen molar-refractivity contribution < 1.29 is 14.3 Å². The first-order valence-electron chi connectivity index (χ1n) is 6.24. The number of hydrogen-bond donors (Lipinski definition) is 0. The minimum absolute atomic E-state index is 0.106. The van der Waals surface area contributed by atoms with E-state index in [0.717, 1.165) is 0 Å². The highest BCUT2D eigenvalue weighted by atomic mass is 32.1. The van der Waals surface area contributed by atoms with Crippen LogP contribution < -0.4 is 0 Å². The molecule has 1 heterocycles. The molecule has 0 fully saturated rings. The van der Waals surface area contributed by atoms with Crippen molar-refractivity contribution in [3.63, 3.8) is 0 Å². The molecule has 0 saturated carbocycles. The molecule has 1 rings (SSSR count). The van der Waals surface area contributed by atoms with Crippen molar-refractivity contribution in [2.24, 2.45) is 5.92 Å². The number of nitrogens with zero attached hydrogens (tertiary/aromatic N) is 1. The van der Waals surface area contributed by atoms with Gasteiger partial charge in [-0.05, 0) is 24.3 Å². The predicted octanol–water partition coefficient (Wildman–Crippen LogP) is 3.56. The summed E-state index contributed by atoms with van der Waals surface area (Å²) >= 11 is 1.38. The van der Waals surface area contributed by atoms with Crippen LogP contribution >= 0.6 is 11.3 Å². The number of thiophene rings is 1. The molecular weight excluding hydrogens is 262 g/mol. The highest BCUT2D eigenvalue weighted by Gasteiger charge is 2.11. The van der Waals surface area contributed by atoms with E-state index in [4.69, 9.17) is 4.74 Å². The Balaban J connectivity index is 2.56. The number of allylic oxidation sites excluding steroid dienone is 1. The molecule has 0 aliphatic rings. The fourth-order valence-corrected chi connectivity index (χ4v) is 1.92. The monoisotopic (exact) mass is 281 g/mol. The van der Waals surface area contributed by atoms with Gasteiger partial charge in [0.1, 0.15) is 0 Å². The van der Waals surface area contributed by atoms with Gasteiger partial charge in [0.2, 0.25) is 0 Å². The Kier molecular flexibility index (Phi) is 6.29. The van der Waals surface area contributed by atoms with Crippen LogP contribution in [0.3, 0.4) is 0 Å². The quantitative estimate of drug-likeness (QED) is 0.591. The van der Waals surface area contributed by atoms with E-state index in [1.54, 1.807) is 6.07 Å². The average Bonchev–Trinajstić information content (AvgIpc) is 2.90. The molecule has 104 valence electrons. The molecule has 0 aromatic carbocycles. The summed E-state index contributed by atoms with van der Waals surface area (Å²) in [5.74, 6) is 0.185. The minimum atomic E-state index is -0.425. The molecule has 0 saturated heterocycles. The van der Waals surface area contributed by atoms with Gasteiger partial charge in [-0.15, -0.1) is 11.3 Å². The van der Waals surface area contributed by atoms with Gasteiger partial charge in [-0.3, -0.25) is 9.69 Å². The van der Waals surface area contributed by atoms with Crippen LogP contribution in [0.15, 0.2) is 29.8 Å². The van der Waals surface area contributed by atoms with Crippen molar-refractivity contribution in [1.29, 1.82) is 0 Å². The van der Waals surface area contributed by atoms with Crippen LogP contribution in [0, 0.1) is 5.92 Å². The van der Waals surface area contributed by atoms with Crippen LogP contribution in [0.4, 0.5) is 4.79 Å². The summed E-state index contributed by atoms with van der Waals surface area (Å²) in [4.78, 5) is 25.5. The van der Waals surface area contributed by atoms with Crippen molar-refractivity contribution in [2.75, 3.05) is 13.2 Å². The fraction of sp³-hybridized carbons (Fsp3) is 0.429. The Morgan fingerprint density at radius 3 is 2.74 bits per heavy atom. The molecule has 1 amide bonds. The van der Waals surface area contributed by atoms with Crippen molar-refractivity contribution >= 4 is 23.2 Å².